The van der Waals surface area contributed by atoms with E-state index in [2.05, 4.69) is 28.5 Å². The predicted octanol–water partition coefficient (Wildman–Crippen LogP) is 5.13. The second-order valence-electron chi connectivity index (χ2n) is 5.74. The average molecular weight is 360 g/mol. The van der Waals surface area contributed by atoms with Gasteiger partial charge in [-0.05, 0) is 39.9 Å². The van der Waals surface area contributed by atoms with Gasteiger partial charge in [0, 0.05) is 6.20 Å². The topological polar surface area (TPSA) is 51.2 Å². The molecule has 1 amide bonds. The summed E-state index contributed by atoms with van der Waals surface area (Å²) in [5.41, 5.74) is 1.75. The lowest BCUT2D eigenvalue weighted by Gasteiger charge is -2.10. The van der Waals surface area contributed by atoms with E-state index in [0.29, 0.717) is 22.9 Å². The van der Waals surface area contributed by atoms with Gasteiger partial charge in [0.05, 0.1) is 11.9 Å². The third-order valence-corrected chi connectivity index (χ3v) is 4.91. The Bertz CT molecular complexity index is 1040. The predicted molar refractivity (Wildman–Crippen MR) is 105 cm³/mol. The molecule has 0 saturated heterocycles. The molecule has 1 N–H and O–H groups in total. The molecule has 4 nitrogen and oxygen atoms in total. The fourth-order valence-corrected chi connectivity index (χ4v) is 3.50. The minimum absolute atomic E-state index is 0.194. The van der Waals surface area contributed by atoms with Crippen LogP contribution in [0.5, 0.6) is 5.75 Å². The molecule has 0 spiro atoms. The minimum atomic E-state index is -0.194. The van der Waals surface area contributed by atoms with Gasteiger partial charge < -0.3 is 10.1 Å². The number of aromatic nitrogens is 1. The van der Waals surface area contributed by atoms with Crippen LogP contribution in [-0.2, 0) is 6.61 Å². The molecule has 2 aromatic heterocycles. The first-order valence-electron chi connectivity index (χ1n) is 8.19. The molecule has 0 fully saturated rings. The Kier molecular flexibility index (Phi) is 4.62. The number of anilines is 1. The maximum Gasteiger partial charge on any atom is 0.269 e. The number of amides is 1. The van der Waals surface area contributed by atoms with Gasteiger partial charge in [-0.2, -0.15) is 0 Å². The van der Waals surface area contributed by atoms with Crippen molar-refractivity contribution in [1.82, 2.24) is 4.98 Å². The summed E-state index contributed by atoms with van der Waals surface area (Å²) in [6.07, 6.45) is 3.28. The number of carbonyl (C=O) groups excluding carboxylic acids is 1. The van der Waals surface area contributed by atoms with Gasteiger partial charge in [-0.1, -0.05) is 42.5 Å². The van der Waals surface area contributed by atoms with Crippen LogP contribution in [0.1, 0.15) is 15.2 Å². The third kappa shape index (κ3) is 3.43. The van der Waals surface area contributed by atoms with Crippen molar-refractivity contribution in [2.24, 2.45) is 0 Å². The average Bonchev–Trinajstić information content (AvgIpc) is 3.16. The monoisotopic (exact) mass is 360 g/mol. The Hall–Kier alpha value is -3.18. The van der Waals surface area contributed by atoms with Gasteiger partial charge in [-0.15, -0.1) is 11.3 Å². The molecule has 0 unspecified atom stereocenters. The fourth-order valence-electron chi connectivity index (χ4n) is 2.78. The number of carbonyl (C=O) groups is 1. The number of pyridine rings is 1. The molecule has 2 aromatic carbocycles. The van der Waals surface area contributed by atoms with Gasteiger partial charge in [0.15, 0.2) is 0 Å². The number of benzene rings is 2. The Balaban J connectivity index is 1.51. The lowest BCUT2D eigenvalue weighted by atomic mass is 10.1. The molecule has 0 saturated carbocycles. The van der Waals surface area contributed by atoms with Crippen molar-refractivity contribution in [1.29, 1.82) is 0 Å². The smallest absolute Gasteiger partial charge is 0.269 e. The number of nitrogens with one attached hydrogen (secondary N) is 1. The molecular weight excluding hydrogens is 344 g/mol. The summed E-state index contributed by atoms with van der Waals surface area (Å²) in [6.45, 7) is 0.408. The number of fused-ring (bicyclic) bond motifs is 1. The molecule has 4 aromatic rings. The molecule has 2 heterocycles. The molecule has 4 rings (SSSR count). The van der Waals surface area contributed by atoms with Gasteiger partial charge >= 0.3 is 0 Å². The maximum absolute atomic E-state index is 12.5. The van der Waals surface area contributed by atoms with E-state index in [1.54, 1.807) is 24.5 Å². The maximum atomic E-state index is 12.5. The minimum Gasteiger partial charge on any atom is -0.487 e. The van der Waals surface area contributed by atoms with Gasteiger partial charge in [-0.25, -0.2) is 0 Å². The highest BCUT2D eigenvalue weighted by Gasteiger charge is 2.15. The molecule has 5 heteroatoms. The largest absolute Gasteiger partial charge is 0.487 e. The van der Waals surface area contributed by atoms with E-state index in [0.717, 1.165) is 10.9 Å². The molecule has 0 bridgehead atoms. The highest BCUT2D eigenvalue weighted by atomic mass is 32.1. The lowest BCUT2D eigenvalue weighted by molar-refractivity contribution is 0.102. The molecule has 128 valence electrons. The second-order valence-corrected chi connectivity index (χ2v) is 6.65. The molecule has 0 aliphatic carbocycles. The van der Waals surface area contributed by atoms with Crippen LogP contribution in [0.3, 0.4) is 0 Å². The van der Waals surface area contributed by atoms with Crippen molar-refractivity contribution in [3.05, 3.63) is 88.9 Å². The standard InChI is InChI=1S/C21H16N2O2S/c24-21(23-17-8-4-11-22-13-17)20-19(10-12-26-20)25-14-16-7-3-6-15-5-1-2-9-18(15)16/h1-13H,14H2,(H,23,24). The molecular formula is C21H16N2O2S. The van der Waals surface area contributed by atoms with Crippen molar-refractivity contribution in [3.8, 4) is 5.75 Å². The first-order valence-corrected chi connectivity index (χ1v) is 9.07. The van der Waals surface area contributed by atoms with Crippen molar-refractivity contribution in [2.45, 2.75) is 6.61 Å². The Morgan fingerprint density at radius 2 is 1.92 bits per heavy atom. The second kappa shape index (κ2) is 7.37. The van der Waals surface area contributed by atoms with E-state index >= 15 is 0 Å². The van der Waals surface area contributed by atoms with E-state index in [9.17, 15) is 4.79 Å². The van der Waals surface area contributed by atoms with Gasteiger partial charge in [0.25, 0.3) is 5.91 Å². The summed E-state index contributed by atoms with van der Waals surface area (Å²) in [5.74, 6) is 0.394. The number of nitrogens with zero attached hydrogens (tertiary/aromatic N) is 1. The van der Waals surface area contributed by atoms with E-state index in [1.807, 2.05) is 35.7 Å². The summed E-state index contributed by atoms with van der Waals surface area (Å²) >= 11 is 1.36. The van der Waals surface area contributed by atoms with Crippen molar-refractivity contribution in [3.63, 3.8) is 0 Å². The van der Waals surface area contributed by atoms with Crippen LogP contribution < -0.4 is 10.1 Å². The van der Waals surface area contributed by atoms with Crippen LogP contribution in [-0.4, -0.2) is 10.9 Å². The Morgan fingerprint density at radius 1 is 1.04 bits per heavy atom. The Morgan fingerprint density at radius 3 is 2.81 bits per heavy atom. The van der Waals surface area contributed by atoms with Gasteiger partial charge in [0.2, 0.25) is 0 Å². The highest BCUT2D eigenvalue weighted by molar-refractivity contribution is 7.12. The van der Waals surface area contributed by atoms with Crippen LogP contribution in [0, 0.1) is 0 Å². The molecule has 0 aliphatic rings. The number of thiophene rings is 1. The van der Waals surface area contributed by atoms with E-state index in [-0.39, 0.29) is 5.91 Å². The van der Waals surface area contributed by atoms with Crippen LogP contribution >= 0.6 is 11.3 Å². The summed E-state index contributed by atoms with van der Waals surface area (Å²) in [5, 5.41) is 7.03. The quantitative estimate of drug-likeness (QED) is 0.537. The van der Waals surface area contributed by atoms with E-state index < -0.39 is 0 Å². The number of hydrogen-bond acceptors (Lipinski definition) is 4. The van der Waals surface area contributed by atoms with E-state index in [4.69, 9.17) is 4.74 Å². The highest BCUT2D eigenvalue weighted by Crippen LogP contribution is 2.28. The zero-order valence-electron chi connectivity index (χ0n) is 13.9. The fraction of sp³-hybridized carbons (Fsp3) is 0.0476. The zero-order chi connectivity index (χ0) is 17.8. The lowest BCUT2D eigenvalue weighted by Crippen LogP contribution is -2.11. The van der Waals surface area contributed by atoms with Crippen LogP contribution in [0.15, 0.2) is 78.4 Å². The van der Waals surface area contributed by atoms with Crippen molar-refractivity contribution < 1.29 is 9.53 Å². The first-order chi connectivity index (χ1) is 12.8. The number of ether oxygens (including phenoxy) is 1. The third-order valence-electron chi connectivity index (χ3n) is 4.02. The van der Waals surface area contributed by atoms with Crippen LogP contribution in [0.2, 0.25) is 0 Å². The molecule has 0 aliphatic heterocycles. The number of hydrogen-bond donors (Lipinski definition) is 1. The summed E-state index contributed by atoms with van der Waals surface area (Å²) < 4.78 is 5.96. The number of rotatable bonds is 5. The zero-order valence-corrected chi connectivity index (χ0v) is 14.7. The molecule has 26 heavy (non-hydrogen) atoms. The summed E-state index contributed by atoms with van der Waals surface area (Å²) in [7, 11) is 0. The van der Waals surface area contributed by atoms with Gasteiger partial charge in [-0.3, -0.25) is 9.78 Å². The summed E-state index contributed by atoms with van der Waals surface area (Å²) in [4.78, 5) is 17.1. The first kappa shape index (κ1) is 16.3. The van der Waals surface area contributed by atoms with Crippen LogP contribution in [0.4, 0.5) is 5.69 Å². The SMILES string of the molecule is O=C(Nc1cccnc1)c1sccc1OCc1cccc2ccccc12. The normalized spacial score (nSPS) is 10.6. The van der Waals surface area contributed by atoms with Gasteiger partial charge in [0.1, 0.15) is 17.2 Å². The summed E-state index contributed by atoms with van der Waals surface area (Å²) in [6, 6.07) is 19.7. The Labute approximate surface area is 155 Å². The van der Waals surface area contributed by atoms with Crippen molar-refractivity contribution in [2.75, 3.05) is 5.32 Å². The van der Waals surface area contributed by atoms with E-state index in [1.165, 1.54) is 16.7 Å². The molecule has 0 atom stereocenters. The molecule has 0 radical (unpaired) electrons. The van der Waals surface area contributed by atoms with Crippen molar-refractivity contribution >= 4 is 33.7 Å². The van der Waals surface area contributed by atoms with Crippen LogP contribution in [0.25, 0.3) is 10.8 Å².